The Kier molecular flexibility index (Phi) is 2.95. The van der Waals surface area contributed by atoms with E-state index in [9.17, 15) is 0 Å². The fraction of sp³-hybridized carbons (Fsp3) is 0.889. The fourth-order valence-corrected chi connectivity index (χ4v) is 1.73. The molecule has 12 heavy (non-hydrogen) atoms. The van der Waals surface area contributed by atoms with Gasteiger partial charge < -0.3 is 4.90 Å². The molecule has 0 spiro atoms. The molecule has 1 heterocycles. The second-order valence-electron chi connectivity index (χ2n) is 3.72. The lowest BCUT2D eigenvalue weighted by Crippen LogP contribution is -2.41. The van der Waals surface area contributed by atoms with Crippen LogP contribution in [0.3, 0.4) is 0 Å². The zero-order valence-electron chi connectivity index (χ0n) is 8.49. The maximum Gasteiger partial charge on any atom is 0.121 e. The Morgan fingerprint density at radius 2 is 2.17 bits per heavy atom. The molecule has 0 amide bonds. The molecule has 1 aliphatic heterocycles. The molecule has 0 aliphatic carbocycles. The molecule has 1 rings (SSSR count). The van der Waals surface area contributed by atoms with Gasteiger partial charge in [-0.3, -0.25) is 5.01 Å². The van der Waals surface area contributed by atoms with E-state index >= 15 is 0 Å². The van der Waals surface area contributed by atoms with Crippen molar-refractivity contribution in [3.05, 3.63) is 0 Å². The highest BCUT2D eigenvalue weighted by Crippen LogP contribution is 2.18. The number of hydrogen-bond acceptors (Lipinski definition) is 3. The standard InChI is InChI=1S/C9H19N3/c1-5-6-12-9(8(2)3)11(4)7-10-12/h7-9H,5-6H2,1-4H3. The predicted molar refractivity (Wildman–Crippen MR) is 51.9 cm³/mol. The maximum atomic E-state index is 4.34. The molecule has 0 bridgehead atoms. The van der Waals surface area contributed by atoms with Gasteiger partial charge in [0.15, 0.2) is 0 Å². The van der Waals surface area contributed by atoms with Gasteiger partial charge in [-0.05, 0) is 12.3 Å². The first-order valence-corrected chi connectivity index (χ1v) is 4.69. The smallest absolute Gasteiger partial charge is 0.121 e. The molecule has 0 fully saturated rings. The lowest BCUT2D eigenvalue weighted by atomic mass is 10.1. The Morgan fingerprint density at radius 3 is 2.67 bits per heavy atom. The van der Waals surface area contributed by atoms with Crippen LogP contribution in [0, 0.1) is 5.92 Å². The fourth-order valence-electron chi connectivity index (χ4n) is 1.73. The van der Waals surface area contributed by atoms with Crippen LogP contribution in [-0.4, -0.2) is 36.0 Å². The van der Waals surface area contributed by atoms with E-state index in [-0.39, 0.29) is 0 Å². The Hall–Kier alpha value is -0.730. The van der Waals surface area contributed by atoms with E-state index < -0.39 is 0 Å². The summed E-state index contributed by atoms with van der Waals surface area (Å²) in [6.07, 6.45) is 3.54. The highest BCUT2D eigenvalue weighted by atomic mass is 15.6. The van der Waals surface area contributed by atoms with Gasteiger partial charge in [0.05, 0.1) is 0 Å². The number of hydrogen-bond donors (Lipinski definition) is 0. The van der Waals surface area contributed by atoms with Gasteiger partial charge in [-0.2, -0.15) is 5.10 Å². The molecule has 1 atom stereocenters. The molecule has 3 nitrogen and oxygen atoms in total. The van der Waals surface area contributed by atoms with Gasteiger partial charge in [0, 0.05) is 13.6 Å². The van der Waals surface area contributed by atoms with Gasteiger partial charge in [-0.15, -0.1) is 0 Å². The quantitative estimate of drug-likeness (QED) is 0.638. The molecule has 3 heteroatoms. The van der Waals surface area contributed by atoms with E-state index in [1.54, 1.807) is 0 Å². The van der Waals surface area contributed by atoms with E-state index in [0.29, 0.717) is 12.1 Å². The average Bonchev–Trinajstić information content (AvgIpc) is 2.32. The first-order chi connectivity index (χ1) is 5.66. The highest BCUT2D eigenvalue weighted by molar-refractivity contribution is 5.56. The van der Waals surface area contributed by atoms with Crippen LogP contribution in [0.25, 0.3) is 0 Å². The third kappa shape index (κ3) is 1.71. The Balaban J connectivity index is 2.56. The summed E-state index contributed by atoms with van der Waals surface area (Å²) in [6, 6.07) is 0. The van der Waals surface area contributed by atoms with E-state index in [1.807, 2.05) is 6.34 Å². The van der Waals surface area contributed by atoms with E-state index in [4.69, 9.17) is 0 Å². The monoisotopic (exact) mass is 169 g/mol. The second-order valence-corrected chi connectivity index (χ2v) is 3.72. The molecular weight excluding hydrogens is 150 g/mol. The molecule has 0 aromatic rings. The summed E-state index contributed by atoms with van der Waals surface area (Å²) in [5.41, 5.74) is 0. The Bertz CT molecular complexity index is 165. The first kappa shape index (κ1) is 9.36. The van der Waals surface area contributed by atoms with Crippen LogP contribution in [0.15, 0.2) is 5.10 Å². The molecule has 1 unspecified atom stereocenters. The summed E-state index contributed by atoms with van der Waals surface area (Å²) in [5.74, 6) is 0.629. The van der Waals surface area contributed by atoms with Crippen LogP contribution in [0.1, 0.15) is 27.2 Å². The summed E-state index contributed by atoms with van der Waals surface area (Å²) in [4.78, 5) is 2.18. The molecular formula is C9H19N3. The van der Waals surface area contributed by atoms with Crippen LogP contribution in [-0.2, 0) is 0 Å². The van der Waals surface area contributed by atoms with Crippen molar-refractivity contribution < 1.29 is 0 Å². The minimum absolute atomic E-state index is 0.463. The molecule has 0 saturated heterocycles. The van der Waals surface area contributed by atoms with Crippen LogP contribution < -0.4 is 0 Å². The predicted octanol–water partition coefficient (Wildman–Crippen LogP) is 1.57. The lowest BCUT2D eigenvalue weighted by Gasteiger charge is -2.30. The second kappa shape index (κ2) is 3.78. The molecule has 0 aromatic heterocycles. The average molecular weight is 169 g/mol. The summed E-state index contributed by atoms with van der Waals surface area (Å²) >= 11 is 0. The Morgan fingerprint density at radius 1 is 1.50 bits per heavy atom. The van der Waals surface area contributed by atoms with Crippen molar-refractivity contribution in [3.63, 3.8) is 0 Å². The lowest BCUT2D eigenvalue weighted by molar-refractivity contribution is 0.103. The molecule has 70 valence electrons. The number of rotatable bonds is 3. The van der Waals surface area contributed by atoms with Gasteiger partial charge in [-0.25, -0.2) is 0 Å². The number of nitrogens with zero attached hydrogens (tertiary/aromatic N) is 3. The topological polar surface area (TPSA) is 18.8 Å². The summed E-state index contributed by atoms with van der Waals surface area (Å²) < 4.78 is 0. The van der Waals surface area contributed by atoms with Gasteiger partial charge >= 0.3 is 0 Å². The van der Waals surface area contributed by atoms with Crippen LogP contribution in [0.2, 0.25) is 0 Å². The van der Waals surface area contributed by atoms with Crippen molar-refractivity contribution in [3.8, 4) is 0 Å². The van der Waals surface area contributed by atoms with Crippen molar-refractivity contribution in [2.45, 2.75) is 33.4 Å². The zero-order chi connectivity index (χ0) is 9.14. The summed E-state index contributed by atoms with van der Waals surface area (Å²) in [7, 11) is 2.09. The van der Waals surface area contributed by atoms with Gasteiger partial charge in [0.2, 0.25) is 0 Å². The number of hydrazone groups is 1. The highest BCUT2D eigenvalue weighted by Gasteiger charge is 2.26. The van der Waals surface area contributed by atoms with Gasteiger partial charge in [-0.1, -0.05) is 20.8 Å². The first-order valence-electron chi connectivity index (χ1n) is 4.69. The minimum atomic E-state index is 0.463. The molecule has 0 saturated carbocycles. The van der Waals surface area contributed by atoms with Gasteiger partial charge in [0.25, 0.3) is 0 Å². The molecule has 1 aliphatic rings. The van der Waals surface area contributed by atoms with E-state index in [2.05, 4.69) is 42.8 Å². The molecule has 0 N–H and O–H groups in total. The van der Waals surface area contributed by atoms with Crippen LogP contribution >= 0.6 is 0 Å². The zero-order valence-corrected chi connectivity index (χ0v) is 8.49. The largest absolute Gasteiger partial charge is 0.342 e. The van der Waals surface area contributed by atoms with E-state index in [0.717, 1.165) is 13.0 Å². The summed E-state index contributed by atoms with van der Waals surface area (Å²) in [6.45, 7) is 7.71. The Labute approximate surface area is 75.0 Å². The third-order valence-corrected chi connectivity index (χ3v) is 2.15. The summed E-state index contributed by atoms with van der Waals surface area (Å²) in [5, 5.41) is 6.51. The SMILES string of the molecule is CCCN1N=CN(C)C1C(C)C. The van der Waals surface area contributed by atoms with E-state index in [1.165, 1.54) is 0 Å². The molecule has 0 radical (unpaired) electrons. The van der Waals surface area contributed by atoms with Crippen molar-refractivity contribution in [1.29, 1.82) is 0 Å². The maximum absolute atomic E-state index is 4.34. The molecule has 0 aromatic carbocycles. The van der Waals surface area contributed by atoms with Crippen LogP contribution in [0.4, 0.5) is 0 Å². The van der Waals surface area contributed by atoms with Crippen molar-refractivity contribution in [2.24, 2.45) is 11.0 Å². The minimum Gasteiger partial charge on any atom is -0.342 e. The normalized spacial score (nSPS) is 22.9. The van der Waals surface area contributed by atoms with Crippen molar-refractivity contribution in [2.75, 3.05) is 13.6 Å². The van der Waals surface area contributed by atoms with Crippen LogP contribution in [0.5, 0.6) is 0 Å². The van der Waals surface area contributed by atoms with Gasteiger partial charge in [0.1, 0.15) is 12.5 Å². The van der Waals surface area contributed by atoms with Crippen molar-refractivity contribution >= 4 is 6.34 Å². The third-order valence-electron chi connectivity index (χ3n) is 2.15. The van der Waals surface area contributed by atoms with Crippen molar-refractivity contribution in [1.82, 2.24) is 9.91 Å².